The minimum atomic E-state index is 0. The number of ether oxygens (including phenoxy) is 1. The number of hydrogen-bond acceptors (Lipinski definition) is 3. The van der Waals surface area contributed by atoms with Gasteiger partial charge in [-0.2, -0.15) is 4.59 Å². The summed E-state index contributed by atoms with van der Waals surface area (Å²) in [5, 5.41) is 11.5. The lowest BCUT2D eigenvalue weighted by atomic mass is 10.2. The van der Waals surface area contributed by atoms with E-state index in [1.807, 2.05) is 45.4 Å². The summed E-state index contributed by atoms with van der Waals surface area (Å²) in [6.45, 7) is 0. The van der Waals surface area contributed by atoms with E-state index in [4.69, 9.17) is 4.74 Å². The van der Waals surface area contributed by atoms with Gasteiger partial charge in [0.1, 0.15) is 5.75 Å². The van der Waals surface area contributed by atoms with Crippen LogP contribution in [0.15, 0.2) is 39.8 Å². The van der Waals surface area contributed by atoms with Gasteiger partial charge in [0.05, 0.1) is 34.5 Å². The van der Waals surface area contributed by atoms with Crippen LogP contribution in [0.4, 0.5) is 0 Å². The standard InChI is InChI=1S/C11H17N4O.HI/c1-15(2,3)14-13-12-9-10-6-5-7-11(8-10)16-4;/h5-9H,1-4H3;1H/q+1;/p-1/b12-9+,14-13+;. The summed E-state index contributed by atoms with van der Waals surface area (Å²) in [6, 6.07) is 7.58. The van der Waals surface area contributed by atoms with Gasteiger partial charge in [-0.15, -0.1) is 5.10 Å². The second kappa shape index (κ2) is 7.33. The molecule has 6 heteroatoms. The molecule has 0 spiro atoms. The molecule has 1 aromatic carbocycles. The van der Waals surface area contributed by atoms with Crippen molar-refractivity contribution >= 4 is 6.21 Å². The van der Waals surface area contributed by atoms with Crippen molar-refractivity contribution in [2.24, 2.45) is 15.5 Å². The van der Waals surface area contributed by atoms with Gasteiger partial charge in [-0.3, -0.25) is 0 Å². The molecule has 0 amide bonds. The molecule has 0 aliphatic carbocycles. The molecule has 0 unspecified atom stereocenters. The zero-order valence-corrected chi connectivity index (χ0v) is 12.6. The Bertz CT molecular complexity index is 399. The Morgan fingerprint density at radius 1 is 1.24 bits per heavy atom. The third-order valence-electron chi connectivity index (χ3n) is 1.66. The smallest absolute Gasteiger partial charge is 0.119 e. The fourth-order valence-corrected chi connectivity index (χ4v) is 0.957. The molecular formula is C11H17IN4O. The van der Waals surface area contributed by atoms with Crippen LogP contribution in [0.1, 0.15) is 5.56 Å². The van der Waals surface area contributed by atoms with Gasteiger partial charge in [0.2, 0.25) is 0 Å². The Kier molecular flexibility index (Phi) is 6.89. The first kappa shape index (κ1) is 16.0. The second-order valence-electron chi connectivity index (χ2n) is 4.14. The summed E-state index contributed by atoms with van der Waals surface area (Å²) in [5.41, 5.74) is 0.930. The zero-order chi connectivity index (χ0) is 12.0. The minimum Gasteiger partial charge on any atom is -1.00 e. The highest BCUT2D eigenvalue weighted by Crippen LogP contribution is 2.10. The molecule has 0 saturated carbocycles. The molecule has 5 nitrogen and oxygen atoms in total. The Labute approximate surface area is 119 Å². The van der Waals surface area contributed by atoms with E-state index in [9.17, 15) is 0 Å². The van der Waals surface area contributed by atoms with E-state index in [1.165, 1.54) is 0 Å². The molecule has 0 radical (unpaired) electrons. The van der Waals surface area contributed by atoms with Gasteiger partial charge in [-0.05, 0) is 17.7 Å². The molecule has 0 aromatic heterocycles. The quantitative estimate of drug-likeness (QED) is 0.229. The zero-order valence-electron chi connectivity index (χ0n) is 10.5. The fraction of sp³-hybridized carbons (Fsp3) is 0.364. The van der Waals surface area contributed by atoms with Crippen molar-refractivity contribution in [3.63, 3.8) is 0 Å². The third-order valence-corrected chi connectivity index (χ3v) is 1.66. The monoisotopic (exact) mass is 348 g/mol. The third kappa shape index (κ3) is 7.01. The molecule has 0 N–H and O–H groups in total. The normalized spacial score (nSPS) is 11.8. The molecule has 1 rings (SSSR count). The average Bonchev–Trinajstić information content (AvgIpc) is 2.23. The molecule has 0 aliphatic heterocycles. The van der Waals surface area contributed by atoms with Crippen LogP contribution in [0.5, 0.6) is 5.75 Å². The summed E-state index contributed by atoms with van der Waals surface area (Å²) in [7, 11) is 7.35. The van der Waals surface area contributed by atoms with Crippen molar-refractivity contribution in [1.82, 2.24) is 0 Å². The summed E-state index contributed by atoms with van der Waals surface area (Å²) in [5.74, 6) is 0.799. The van der Waals surface area contributed by atoms with E-state index in [0.717, 1.165) is 11.3 Å². The van der Waals surface area contributed by atoms with E-state index in [2.05, 4.69) is 15.5 Å². The van der Waals surface area contributed by atoms with Gasteiger partial charge >= 0.3 is 0 Å². The van der Waals surface area contributed by atoms with Crippen LogP contribution in [0.3, 0.4) is 0 Å². The molecule has 0 fully saturated rings. The largest absolute Gasteiger partial charge is 1.00 e. The van der Waals surface area contributed by atoms with Crippen molar-refractivity contribution in [3.05, 3.63) is 29.8 Å². The van der Waals surface area contributed by atoms with Gasteiger partial charge in [-0.25, -0.2) is 0 Å². The van der Waals surface area contributed by atoms with Crippen molar-refractivity contribution in [1.29, 1.82) is 0 Å². The maximum atomic E-state index is 5.10. The van der Waals surface area contributed by atoms with E-state index in [1.54, 1.807) is 13.3 Å². The Hall–Kier alpha value is -1.02. The lowest BCUT2D eigenvalue weighted by molar-refractivity contribution is -0.882. The Morgan fingerprint density at radius 3 is 2.53 bits per heavy atom. The maximum absolute atomic E-state index is 5.10. The molecule has 0 aliphatic rings. The van der Waals surface area contributed by atoms with Crippen LogP contribution in [0.25, 0.3) is 0 Å². The summed E-state index contributed by atoms with van der Waals surface area (Å²) in [4.78, 5) is 0. The van der Waals surface area contributed by atoms with E-state index in [0.29, 0.717) is 4.59 Å². The highest BCUT2D eigenvalue weighted by Gasteiger charge is 2.01. The number of methoxy groups -OCH3 is 1. The molecule has 1 aromatic rings. The lowest BCUT2D eigenvalue weighted by Crippen LogP contribution is -3.00. The maximum Gasteiger partial charge on any atom is 0.119 e. The highest BCUT2D eigenvalue weighted by atomic mass is 127. The van der Waals surface area contributed by atoms with Crippen LogP contribution >= 0.6 is 0 Å². The van der Waals surface area contributed by atoms with Gasteiger partial charge in [-0.1, -0.05) is 12.1 Å². The van der Waals surface area contributed by atoms with Crippen molar-refractivity contribution < 1.29 is 33.3 Å². The van der Waals surface area contributed by atoms with Gasteiger partial charge in [0, 0.05) is 10.4 Å². The summed E-state index contributed by atoms with van der Waals surface area (Å²) in [6.07, 6.45) is 1.64. The molecule has 94 valence electrons. The van der Waals surface area contributed by atoms with Gasteiger partial charge < -0.3 is 28.7 Å². The molecular weight excluding hydrogens is 331 g/mol. The predicted octanol–water partition coefficient (Wildman–Crippen LogP) is -0.893. The Balaban J connectivity index is 0.00000256. The minimum absolute atomic E-state index is 0. The van der Waals surface area contributed by atoms with Crippen LogP contribution in [0, 0.1) is 0 Å². The molecule has 0 atom stereocenters. The van der Waals surface area contributed by atoms with Crippen molar-refractivity contribution in [2.45, 2.75) is 0 Å². The first-order valence-corrected chi connectivity index (χ1v) is 4.92. The first-order valence-electron chi connectivity index (χ1n) is 4.92. The summed E-state index contributed by atoms with van der Waals surface area (Å²) >= 11 is 0. The van der Waals surface area contributed by atoms with Crippen LogP contribution in [-0.4, -0.2) is 39.1 Å². The second-order valence-corrected chi connectivity index (χ2v) is 4.14. The number of halogens is 1. The van der Waals surface area contributed by atoms with E-state index < -0.39 is 0 Å². The molecule has 0 bridgehead atoms. The molecule has 0 heterocycles. The van der Waals surface area contributed by atoms with Crippen molar-refractivity contribution in [2.75, 3.05) is 28.3 Å². The predicted molar refractivity (Wildman–Crippen MR) is 63.5 cm³/mol. The Morgan fingerprint density at radius 2 is 1.94 bits per heavy atom. The first-order chi connectivity index (χ1) is 7.51. The number of benzene rings is 1. The molecule has 17 heavy (non-hydrogen) atoms. The average molecular weight is 348 g/mol. The SMILES string of the molecule is COc1cccc(/C=N/N=N/[N+](C)(C)C)c1.[I-]. The van der Waals surface area contributed by atoms with E-state index in [-0.39, 0.29) is 24.0 Å². The van der Waals surface area contributed by atoms with Crippen LogP contribution in [-0.2, 0) is 0 Å². The van der Waals surface area contributed by atoms with Crippen molar-refractivity contribution in [3.8, 4) is 5.75 Å². The topological polar surface area (TPSA) is 46.3 Å². The lowest BCUT2D eigenvalue weighted by Gasteiger charge is -2.10. The number of nitrogens with zero attached hydrogens (tertiary/aromatic N) is 4. The van der Waals surface area contributed by atoms with Gasteiger partial charge in [0.25, 0.3) is 0 Å². The summed E-state index contributed by atoms with van der Waals surface area (Å²) < 4.78 is 5.49. The molecule has 0 saturated heterocycles. The number of quaternary nitrogens is 1. The van der Waals surface area contributed by atoms with E-state index >= 15 is 0 Å². The number of hydrogen-bond donors (Lipinski definition) is 0. The van der Waals surface area contributed by atoms with Gasteiger partial charge in [0.15, 0.2) is 0 Å². The fourth-order valence-electron chi connectivity index (χ4n) is 0.957. The highest BCUT2D eigenvalue weighted by molar-refractivity contribution is 5.79. The van der Waals surface area contributed by atoms with Crippen LogP contribution in [0.2, 0.25) is 0 Å². The van der Waals surface area contributed by atoms with Crippen LogP contribution < -0.4 is 28.7 Å². The number of rotatable bonds is 4.